The normalized spacial score (nSPS) is 13.2. The van der Waals surface area contributed by atoms with Crippen LogP contribution in [0, 0.1) is 17.0 Å². The van der Waals surface area contributed by atoms with Crippen LogP contribution < -0.4 is 30.3 Å². The molecule has 228 valence electrons. The molecule has 0 saturated heterocycles. The Labute approximate surface area is 250 Å². The van der Waals surface area contributed by atoms with Crippen LogP contribution in [0.2, 0.25) is 0 Å². The van der Waals surface area contributed by atoms with Gasteiger partial charge in [0.15, 0.2) is 23.1 Å². The van der Waals surface area contributed by atoms with Crippen LogP contribution in [0.5, 0.6) is 23.0 Å². The van der Waals surface area contributed by atoms with Gasteiger partial charge in [-0.25, -0.2) is 14.3 Å². The number of benzene rings is 3. The van der Waals surface area contributed by atoms with Gasteiger partial charge in [-0.1, -0.05) is 0 Å². The molecule has 1 heterocycles. The van der Waals surface area contributed by atoms with Crippen LogP contribution in [-0.4, -0.2) is 41.6 Å². The molecule has 4 aromatic rings. The maximum Gasteiger partial charge on any atom is 0.247 e. The van der Waals surface area contributed by atoms with E-state index in [-0.39, 0.29) is 48.7 Å². The standard InChI is InChI=1S/C31H28F2N4O7/c1-42-26-17-23-21(16-27(26)43-14-2-3-28(38)36-41)24(10-13-35-23)44-25-9-8-20(15-22(25)33)37(19-6-4-18(32)5-7-19)30(40)31(11-12-31)29(34)39/h4-10,13,15-17,41H,2-3,11-12,14H2,1H3,(H2,34,39)(H,36,38). The number of ether oxygens (including phenoxy) is 3. The average Bonchev–Trinajstić information content (AvgIpc) is 3.84. The molecule has 3 aromatic carbocycles. The van der Waals surface area contributed by atoms with E-state index < -0.39 is 34.8 Å². The van der Waals surface area contributed by atoms with E-state index in [4.69, 9.17) is 25.2 Å². The highest BCUT2D eigenvalue weighted by Crippen LogP contribution is 2.49. The molecule has 0 aliphatic heterocycles. The number of nitrogens with zero attached hydrogens (tertiary/aromatic N) is 2. The summed E-state index contributed by atoms with van der Waals surface area (Å²) in [6.07, 6.45) is 2.36. The van der Waals surface area contributed by atoms with E-state index in [0.717, 1.165) is 23.1 Å². The van der Waals surface area contributed by atoms with E-state index in [1.165, 1.54) is 43.6 Å². The van der Waals surface area contributed by atoms with Crippen molar-refractivity contribution in [3.8, 4) is 23.0 Å². The molecule has 1 aliphatic rings. The number of hydroxylamine groups is 1. The summed E-state index contributed by atoms with van der Waals surface area (Å²) in [6, 6.07) is 13.6. The van der Waals surface area contributed by atoms with Gasteiger partial charge in [0, 0.05) is 35.8 Å². The molecular weight excluding hydrogens is 578 g/mol. The molecule has 44 heavy (non-hydrogen) atoms. The Hall–Kier alpha value is -5.30. The van der Waals surface area contributed by atoms with Crippen molar-refractivity contribution in [2.45, 2.75) is 25.7 Å². The predicted molar refractivity (Wildman–Crippen MR) is 154 cm³/mol. The Bertz CT molecular complexity index is 1730. The van der Waals surface area contributed by atoms with Crippen LogP contribution in [0.4, 0.5) is 20.2 Å². The van der Waals surface area contributed by atoms with Crippen molar-refractivity contribution in [2.24, 2.45) is 11.1 Å². The molecule has 3 amide bonds. The van der Waals surface area contributed by atoms with E-state index >= 15 is 4.39 Å². The maximum atomic E-state index is 15.6. The zero-order chi connectivity index (χ0) is 31.4. The summed E-state index contributed by atoms with van der Waals surface area (Å²) >= 11 is 0. The largest absolute Gasteiger partial charge is 0.493 e. The number of methoxy groups -OCH3 is 1. The molecule has 0 radical (unpaired) electrons. The molecule has 1 fully saturated rings. The Kier molecular flexibility index (Phi) is 8.58. The predicted octanol–water partition coefficient (Wildman–Crippen LogP) is 4.91. The third kappa shape index (κ3) is 6.08. The van der Waals surface area contributed by atoms with Crippen LogP contribution in [-0.2, 0) is 14.4 Å². The second-order valence-corrected chi connectivity index (χ2v) is 10.1. The van der Waals surface area contributed by atoms with Crippen molar-refractivity contribution in [3.05, 3.63) is 78.5 Å². The molecule has 0 bridgehead atoms. The van der Waals surface area contributed by atoms with Gasteiger partial charge in [0.25, 0.3) is 0 Å². The second-order valence-electron chi connectivity index (χ2n) is 10.1. The highest BCUT2D eigenvalue weighted by atomic mass is 19.1. The monoisotopic (exact) mass is 606 g/mol. The molecule has 4 N–H and O–H groups in total. The summed E-state index contributed by atoms with van der Waals surface area (Å²) in [4.78, 5) is 42.4. The van der Waals surface area contributed by atoms with E-state index in [9.17, 15) is 18.8 Å². The minimum absolute atomic E-state index is 0.0469. The van der Waals surface area contributed by atoms with E-state index in [1.54, 1.807) is 17.6 Å². The second kappa shape index (κ2) is 12.5. The summed E-state index contributed by atoms with van der Waals surface area (Å²) in [5, 5.41) is 9.12. The summed E-state index contributed by atoms with van der Waals surface area (Å²) in [6.45, 7) is 0.141. The lowest BCUT2D eigenvalue weighted by atomic mass is 10.0. The van der Waals surface area contributed by atoms with Crippen molar-refractivity contribution in [2.75, 3.05) is 18.6 Å². The minimum Gasteiger partial charge on any atom is -0.493 e. The number of nitrogens with two attached hydrogens (primary N) is 1. The number of fused-ring (bicyclic) bond motifs is 1. The fraction of sp³-hybridized carbons (Fsp3) is 0.226. The lowest BCUT2D eigenvalue weighted by Gasteiger charge is -2.26. The minimum atomic E-state index is -1.41. The van der Waals surface area contributed by atoms with Gasteiger partial charge in [-0.15, -0.1) is 0 Å². The summed E-state index contributed by atoms with van der Waals surface area (Å²) < 4.78 is 46.4. The third-order valence-corrected chi connectivity index (χ3v) is 7.23. The highest BCUT2D eigenvalue weighted by Gasteiger charge is 2.57. The molecule has 13 heteroatoms. The molecule has 0 unspecified atom stereocenters. The van der Waals surface area contributed by atoms with Crippen molar-refractivity contribution < 1.29 is 42.6 Å². The van der Waals surface area contributed by atoms with E-state index in [1.807, 2.05) is 0 Å². The van der Waals surface area contributed by atoms with E-state index in [0.29, 0.717) is 28.8 Å². The zero-order valence-corrected chi connectivity index (χ0v) is 23.5. The van der Waals surface area contributed by atoms with Crippen LogP contribution >= 0.6 is 0 Å². The van der Waals surface area contributed by atoms with Gasteiger partial charge in [0.2, 0.25) is 17.7 Å². The Balaban J connectivity index is 1.44. The quantitative estimate of drug-likeness (QED) is 0.0890. The number of hydrogen-bond acceptors (Lipinski definition) is 8. The number of carbonyl (C=O) groups excluding carboxylic acids is 3. The third-order valence-electron chi connectivity index (χ3n) is 7.23. The summed E-state index contributed by atoms with van der Waals surface area (Å²) in [5.41, 5.74) is 6.47. The Morgan fingerprint density at radius 1 is 0.977 bits per heavy atom. The van der Waals surface area contributed by atoms with Crippen LogP contribution in [0.25, 0.3) is 10.9 Å². The fourth-order valence-corrected chi connectivity index (χ4v) is 4.67. The SMILES string of the molecule is COc1cc2nccc(Oc3ccc(N(C(=O)C4(C(N)=O)CC4)c4ccc(F)cc4)cc3F)c2cc1OCCCC(=O)NO. The van der Waals surface area contributed by atoms with Gasteiger partial charge in [0.05, 0.1) is 24.9 Å². The molecular formula is C31H28F2N4O7. The highest BCUT2D eigenvalue weighted by molar-refractivity contribution is 6.16. The zero-order valence-electron chi connectivity index (χ0n) is 23.5. The van der Waals surface area contributed by atoms with Gasteiger partial charge in [-0.2, -0.15) is 0 Å². The van der Waals surface area contributed by atoms with Gasteiger partial charge in [-0.3, -0.25) is 29.5 Å². The number of rotatable bonds is 12. The summed E-state index contributed by atoms with van der Waals surface area (Å²) in [7, 11) is 1.46. The average molecular weight is 607 g/mol. The van der Waals surface area contributed by atoms with Crippen molar-refractivity contribution in [1.29, 1.82) is 0 Å². The van der Waals surface area contributed by atoms with Crippen LogP contribution in [0.1, 0.15) is 25.7 Å². The van der Waals surface area contributed by atoms with Gasteiger partial charge in [-0.05, 0) is 67.8 Å². The first-order chi connectivity index (χ1) is 21.2. The van der Waals surface area contributed by atoms with Crippen molar-refractivity contribution >= 4 is 40.0 Å². The number of halogens is 2. The fourth-order valence-electron chi connectivity index (χ4n) is 4.67. The Morgan fingerprint density at radius 3 is 2.34 bits per heavy atom. The molecule has 11 nitrogen and oxygen atoms in total. The van der Waals surface area contributed by atoms with Gasteiger partial charge >= 0.3 is 0 Å². The number of carbonyl (C=O) groups is 3. The first-order valence-corrected chi connectivity index (χ1v) is 13.6. The summed E-state index contributed by atoms with van der Waals surface area (Å²) in [5.74, 6) is -2.53. The molecule has 1 saturated carbocycles. The first kappa shape index (κ1) is 30.2. The molecule has 0 spiro atoms. The van der Waals surface area contributed by atoms with Crippen molar-refractivity contribution in [1.82, 2.24) is 10.5 Å². The van der Waals surface area contributed by atoms with E-state index in [2.05, 4.69) is 4.98 Å². The van der Waals surface area contributed by atoms with Gasteiger partial charge < -0.3 is 19.9 Å². The number of aromatic nitrogens is 1. The lowest BCUT2D eigenvalue weighted by Crippen LogP contribution is -2.41. The lowest BCUT2D eigenvalue weighted by molar-refractivity contribution is -0.133. The molecule has 5 rings (SSSR count). The van der Waals surface area contributed by atoms with Crippen LogP contribution in [0.15, 0.2) is 66.9 Å². The molecule has 0 atom stereocenters. The van der Waals surface area contributed by atoms with Crippen LogP contribution in [0.3, 0.4) is 0 Å². The molecule has 1 aromatic heterocycles. The number of primary amides is 1. The number of pyridine rings is 1. The number of anilines is 2. The molecule has 1 aliphatic carbocycles. The van der Waals surface area contributed by atoms with Crippen molar-refractivity contribution in [3.63, 3.8) is 0 Å². The first-order valence-electron chi connectivity index (χ1n) is 13.6. The Morgan fingerprint density at radius 2 is 1.70 bits per heavy atom. The number of nitrogens with one attached hydrogen (secondary N) is 1. The topological polar surface area (TPSA) is 153 Å². The maximum absolute atomic E-state index is 15.6. The van der Waals surface area contributed by atoms with Gasteiger partial charge in [0.1, 0.15) is 17.0 Å². The number of hydrogen-bond donors (Lipinski definition) is 3. The number of amides is 3. The smallest absolute Gasteiger partial charge is 0.247 e.